The number of epoxide rings is 1. The van der Waals surface area contributed by atoms with E-state index in [0.717, 1.165) is 6.07 Å². The van der Waals surface area contributed by atoms with E-state index in [2.05, 4.69) is 11.3 Å². The molecule has 0 amide bonds. The van der Waals surface area contributed by atoms with Crippen molar-refractivity contribution in [1.29, 1.82) is 0 Å². The number of nitro benzene ring substituents is 1. The zero-order valence-corrected chi connectivity index (χ0v) is 10.4. The second kappa shape index (κ2) is 5.62. The summed E-state index contributed by atoms with van der Waals surface area (Å²) in [5.41, 5.74) is -0.595. The van der Waals surface area contributed by atoms with Gasteiger partial charge >= 0.3 is 11.9 Å². The smallest absolute Gasteiger partial charge is 0.353 e. The molecule has 0 spiro atoms. The van der Waals surface area contributed by atoms with Crippen LogP contribution in [-0.2, 0) is 14.3 Å². The lowest BCUT2D eigenvalue weighted by molar-refractivity contribution is -0.385. The molecule has 0 aromatic heterocycles. The fourth-order valence-electron chi connectivity index (χ4n) is 1.56. The van der Waals surface area contributed by atoms with Crippen LogP contribution in [0.1, 0.15) is 16.8 Å². The molecule has 1 atom stereocenters. The number of nitrogens with zero attached hydrogens (tertiary/aromatic N) is 1. The van der Waals surface area contributed by atoms with Gasteiger partial charge in [0, 0.05) is 18.1 Å². The summed E-state index contributed by atoms with van der Waals surface area (Å²) < 4.78 is 9.51. The average Bonchev–Trinajstić information content (AvgIpc) is 3.22. The molecule has 2 rings (SSSR count). The Labute approximate surface area is 113 Å². The molecule has 0 saturated carbocycles. The number of hydrogen-bond donors (Lipinski definition) is 0. The van der Waals surface area contributed by atoms with Gasteiger partial charge in [0.05, 0.1) is 17.6 Å². The number of nitro groups is 1. The van der Waals surface area contributed by atoms with Crippen LogP contribution in [0.3, 0.4) is 0 Å². The van der Waals surface area contributed by atoms with Gasteiger partial charge in [-0.2, -0.15) is 0 Å². The van der Waals surface area contributed by atoms with Crippen molar-refractivity contribution in [3.8, 4) is 0 Å². The third-order valence-electron chi connectivity index (χ3n) is 2.67. The van der Waals surface area contributed by atoms with Crippen molar-refractivity contribution in [3.63, 3.8) is 0 Å². The molecule has 20 heavy (non-hydrogen) atoms. The van der Waals surface area contributed by atoms with E-state index in [1.807, 2.05) is 0 Å². The molecule has 0 N–H and O–H groups in total. The standard InChI is InChI=1S/C13H11NO6/c1-8(6-9-7-19-9)12(15)20-13(16)10-4-2-3-5-11(10)14(17)18/h2-5,9H,1,6-7H2. The van der Waals surface area contributed by atoms with Crippen molar-refractivity contribution in [1.82, 2.24) is 0 Å². The zero-order chi connectivity index (χ0) is 14.7. The number of para-hydroxylation sites is 1. The Hall–Kier alpha value is -2.54. The van der Waals surface area contributed by atoms with Gasteiger partial charge in [-0.15, -0.1) is 0 Å². The predicted octanol–water partition coefficient (Wildman–Crippen LogP) is 1.62. The number of carbonyl (C=O) groups excluding carboxylic acids is 2. The summed E-state index contributed by atoms with van der Waals surface area (Å²) in [5.74, 6) is -1.97. The molecule has 0 aliphatic carbocycles. The highest BCUT2D eigenvalue weighted by Crippen LogP contribution is 2.21. The van der Waals surface area contributed by atoms with Crippen molar-refractivity contribution in [2.75, 3.05) is 6.61 Å². The minimum absolute atomic E-state index is 0.0591. The molecule has 7 nitrogen and oxygen atoms in total. The normalized spacial score (nSPS) is 16.3. The van der Waals surface area contributed by atoms with Crippen LogP contribution in [0.25, 0.3) is 0 Å². The molecule has 1 saturated heterocycles. The van der Waals surface area contributed by atoms with Crippen LogP contribution >= 0.6 is 0 Å². The largest absolute Gasteiger partial charge is 0.386 e. The van der Waals surface area contributed by atoms with Gasteiger partial charge in [0.15, 0.2) is 0 Å². The summed E-state index contributed by atoms with van der Waals surface area (Å²) in [5, 5.41) is 10.8. The number of benzene rings is 1. The summed E-state index contributed by atoms with van der Waals surface area (Å²) in [7, 11) is 0. The molecule has 1 aromatic carbocycles. The monoisotopic (exact) mass is 277 g/mol. The summed E-state index contributed by atoms with van der Waals surface area (Å²) >= 11 is 0. The number of hydrogen-bond acceptors (Lipinski definition) is 6. The van der Waals surface area contributed by atoms with Crippen molar-refractivity contribution in [2.24, 2.45) is 0 Å². The van der Waals surface area contributed by atoms with Crippen molar-refractivity contribution in [3.05, 3.63) is 52.1 Å². The second-order valence-corrected chi connectivity index (χ2v) is 4.21. The van der Waals surface area contributed by atoms with E-state index >= 15 is 0 Å². The van der Waals surface area contributed by atoms with E-state index in [1.165, 1.54) is 18.2 Å². The number of rotatable bonds is 5. The van der Waals surface area contributed by atoms with Gasteiger partial charge in [-0.3, -0.25) is 10.1 Å². The van der Waals surface area contributed by atoms with Gasteiger partial charge in [-0.25, -0.2) is 9.59 Å². The van der Waals surface area contributed by atoms with Gasteiger partial charge in [0.25, 0.3) is 5.69 Å². The lowest BCUT2D eigenvalue weighted by Gasteiger charge is -2.04. The molecular weight excluding hydrogens is 266 g/mol. The lowest BCUT2D eigenvalue weighted by Crippen LogP contribution is -2.16. The van der Waals surface area contributed by atoms with Gasteiger partial charge in [0.1, 0.15) is 5.56 Å². The minimum Gasteiger partial charge on any atom is -0.386 e. The third-order valence-corrected chi connectivity index (χ3v) is 2.67. The minimum atomic E-state index is -1.07. The van der Waals surface area contributed by atoms with Crippen molar-refractivity contribution < 1.29 is 24.0 Å². The Bertz CT molecular complexity index is 590. The van der Waals surface area contributed by atoms with E-state index in [9.17, 15) is 19.7 Å². The SMILES string of the molecule is C=C(CC1CO1)C(=O)OC(=O)c1ccccc1[N+](=O)[O-]. The highest BCUT2D eigenvalue weighted by atomic mass is 16.6. The van der Waals surface area contributed by atoms with E-state index in [0.29, 0.717) is 6.61 Å². The fraction of sp³-hybridized carbons (Fsp3) is 0.231. The molecule has 0 bridgehead atoms. The summed E-state index contributed by atoms with van der Waals surface area (Å²) in [6.07, 6.45) is 0.222. The summed E-state index contributed by atoms with van der Waals surface area (Å²) in [6, 6.07) is 5.25. The van der Waals surface area contributed by atoms with Crippen LogP contribution in [0.15, 0.2) is 36.4 Å². The van der Waals surface area contributed by atoms with Crippen LogP contribution in [0, 0.1) is 10.1 Å². The van der Waals surface area contributed by atoms with Crippen LogP contribution in [0.2, 0.25) is 0 Å². The van der Waals surface area contributed by atoms with Crippen molar-refractivity contribution in [2.45, 2.75) is 12.5 Å². The predicted molar refractivity (Wildman–Crippen MR) is 67.0 cm³/mol. The van der Waals surface area contributed by atoms with Gasteiger partial charge in [-0.1, -0.05) is 18.7 Å². The van der Waals surface area contributed by atoms with Gasteiger partial charge < -0.3 is 9.47 Å². The first-order valence-corrected chi connectivity index (χ1v) is 5.78. The molecule has 1 fully saturated rings. The number of esters is 2. The first-order chi connectivity index (χ1) is 9.49. The maximum absolute atomic E-state index is 11.8. The maximum Gasteiger partial charge on any atom is 0.353 e. The summed E-state index contributed by atoms with van der Waals surface area (Å²) in [4.78, 5) is 33.4. The number of ether oxygens (including phenoxy) is 2. The van der Waals surface area contributed by atoms with Crippen molar-refractivity contribution >= 4 is 17.6 Å². The molecule has 1 heterocycles. The van der Waals surface area contributed by atoms with Crippen LogP contribution in [-0.4, -0.2) is 29.6 Å². The molecule has 1 aromatic rings. The van der Waals surface area contributed by atoms with E-state index < -0.39 is 22.5 Å². The van der Waals surface area contributed by atoms with E-state index in [-0.39, 0.29) is 23.7 Å². The van der Waals surface area contributed by atoms with Gasteiger partial charge in [0.2, 0.25) is 0 Å². The fourth-order valence-corrected chi connectivity index (χ4v) is 1.56. The molecule has 1 aliphatic rings. The third kappa shape index (κ3) is 3.27. The topological polar surface area (TPSA) is 99.0 Å². The molecule has 1 aliphatic heterocycles. The van der Waals surface area contributed by atoms with Crippen LogP contribution in [0.5, 0.6) is 0 Å². The Kier molecular flexibility index (Phi) is 3.90. The number of carbonyl (C=O) groups is 2. The van der Waals surface area contributed by atoms with E-state index in [4.69, 9.17) is 4.74 Å². The molecule has 104 valence electrons. The highest BCUT2D eigenvalue weighted by molar-refractivity contribution is 6.03. The molecule has 0 radical (unpaired) electrons. The van der Waals surface area contributed by atoms with Crippen LogP contribution < -0.4 is 0 Å². The lowest BCUT2D eigenvalue weighted by atomic mass is 10.1. The van der Waals surface area contributed by atoms with E-state index in [1.54, 1.807) is 0 Å². The summed E-state index contributed by atoms with van der Waals surface area (Å²) in [6.45, 7) is 4.04. The second-order valence-electron chi connectivity index (χ2n) is 4.21. The molecule has 1 unspecified atom stereocenters. The Morgan fingerprint density at radius 3 is 2.70 bits per heavy atom. The molecule has 7 heteroatoms. The first-order valence-electron chi connectivity index (χ1n) is 5.78. The van der Waals surface area contributed by atoms with Crippen LogP contribution in [0.4, 0.5) is 5.69 Å². The quantitative estimate of drug-likeness (QED) is 0.202. The maximum atomic E-state index is 11.8. The zero-order valence-electron chi connectivity index (χ0n) is 10.4. The Morgan fingerprint density at radius 2 is 2.10 bits per heavy atom. The Balaban J connectivity index is 2.06. The van der Waals surface area contributed by atoms with Gasteiger partial charge in [-0.05, 0) is 6.07 Å². The molecular formula is C13H11NO6. The Morgan fingerprint density at radius 1 is 1.45 bits per heavy atom. The average molecular weight is 277 g/mol. The highest BCUT2D eigenvalue weighted by Gasteiger charge is 2.28. The first kappa shape index (κ1) is 13.9.